The van der Waals surface area contributed by atoms with E-state index in [1.165, 1.54) is 0 Å². The first-order chi connectivity index (χ1) is 8.71. The summed E-state index contributed by atoms with van der Waals surface area (Å²) in [7, 11) is 0.454. The van der Waals surface area contributed by atoms with Gasteiger partial charge >= 0.3 is 0 Å². The highest BCUT2D eigenvalue weighted by atomic mass is 28.2. The summed E-state index contributed by atoms with van der Waals surface area (Å²) in [6, 6.07) is 0. The van der Waals surface area contributed by atoms with Crippen LogP contribution in [-0.2, 0) is 4.43 Å². The molecule has 0 atom stereocenters. The number of halogens is 5. The lowest BCUT2D eigenvalue weighted by Gasteiger charge is -2.23. The molecule has 0 N–H and O–H groups in total. The van der Waals surface area contributed by atoms with Crippen LogP contribution in [0.25, 0.3) is 0 Å². The number of rotatable bonds is 5. The van der Waals surface area contributed by atoms with Gasteiger partial charge in [-0.05, 0) is 13.8 Å². The molecule has 19 heavy (non-hydrogen) atoms. The maximum absolute atomic E-state index is 13.2. The molecule has 0 aliphatic heterocycles. The molecule has 0 saturated carbocycles. The summed E-state index contributed by atoms with van der Waals surface area (Å²) in [5, 5.41) is 0. The van der Waals surface area contributed by atoms with Crippen LogP contribution >= 0.6 is 0 Å². The lowest BCUT2D eigenvalue weighted by atomic mass is 10.1. The fraction of sp³-hybridized carbons (Fsp3) is 0.455. The van der Waals surface area contributed by atoms with Gasteiger partial charge in [0, 0.05) is 6.42 Å². The zero-order chi connectivity index (χ0) is 14.8. The van der Waals surface area contributed by atoms with E-state index < -0.39 is 40.4 Å². The summed E-state index contributed by atoms with van der Waals surface area (Å²) >= 11 is 0. The second kappa shape index (κ2) is 5.87. The molecule has 1 aromatic rings. The van der Waals surface area contributed by atoms with E-state index >= 15 is 0 Å². The molecule has 0 aromatic heterocycles. The van der Waals surface area contributed by atoms with Crippen molar-refractivity contribution < 1.29 is 31.1 Å². The Bertz CT molecular complexity index is 450. The van der Waals surface area contributed by atoms with Gasteiger partial charge in [-0.25, -0.2) is 13.2 Å². The first-order valence-corrected chi connectivity index (χ1v) is 6.22. The highest BCUT2D eigenvalue weighted by molar-refractivity contribution is 5.98. The lowest BCUT2D eigenvalue weighted by Crippen LogP contribution is -2.26. The van der Waals surface area contributed by atoms with Gasteiger partial charge in [0.05, 0.1) is 12.2 Å². The normalized spacial score (nSPS) is 11.9. The summed E-state index contributed by atoms with van der Waals surface area (Å²) in [6.45, 7) is 3.22. The topological polar surface area (TPSA) is 18.5 Å². The molecule has 0 aliphatic rings. The third-order valence-electron chi connectivity index (χ3n) is 2.67. The zero-order valence-corrected chi connectivity index (χ0v) is 12.6. The smallest absolute Gasteiger partial charge is 0.206 e. The Balaban J connectivity index is 2.91. The van der Waals surface area contributed by atoms with Crippen molar-refractivity contribution in [3.05, 3.63) is 29.1 Å². The van der Waals surface area contributed by atoms with Gasteiger partial charge in [-0.2, -0.15) is 8.78 Å². The Kier molecular flexibility index (Phi) is 4.91. The molecule has 0 aliphatic carbocycles. The van der Waals surface area contributed by atoms with Gasteiger partial charge in [-0.1, -0.05) is 0 Å². The molecule has 0 spiro atoms. The van der Waals surface area contributed by atoms with Crippen LogP contribution in [0.1, 0.15) is 20.3 Å². The van der Waals surface area contributed by atoms with Crippen molar-refractivity contribution in [3.63, 3.8) is 0 Å². The summed E-state index contributed by atoms with van der Waals surface area (Å²) in [6.07, 6.45) is 0.246. The number of hydrogen-bond donors (Lipinski definition) is 0. The van der Waals surface area contributed by atoms with Gasteiger partial charge in [0.15, 0.2) is 5.75 Å². The van der Waals surface area contributed by atoms with Crippen molar-refractivity contribution in [3.8, 4) is 5.75 Å². The molecule has 0 heterocycles. The molecule has 0 radical (unpaired) electrons. The standard InChI is InChI=1S/C11H13F5O2Si/c1-11(2,18-19)3-4-17-10-8(15)6(13)5(12)7(14)9(10)16/h3-4H2,1-2,19H3. The Labute approximate surface area is 110 Å². The third-order valence-corrected chi connectivity index (χ3v) is 3.78. The Morgan fingerprint density at radius 1 is 0.895 bits per heavy atom. The number of benzene rings is 1. The molecular weight excluding hydrogens is 287 g/mol. The van der Waals surface area contributed by atoms with E-state index in [4.69, 9.17) is 4.43 Å². The molecule has 0 fully saturated rings. The predicted molar refractivity (Wildman–Crippen MR) is 61.4 cm³/mol. The average molecular weight is 300 g/mol. The summed E-state index contributed by atoms with van der Waals surface area (Å²) in [4.78, 5) is 0. The van der Waals surface area contributed by atoms with E-state index in [1.54, 1.807) is 13.8 Å². The van der Waals surface area contributed by atoms with Crippen molar-refractivity contribution in [2.24, 2.45) is 0 Å². The van der Waals surface area contributed by atoms with Gasteiger partial charge in [0.25, 0.3) is 0 Å². The van der Waals surface area contributed by atoms with E-state index in [2.05, 4.69) is 4.74 Å². The SMILES string of the molecule is CC(C)(CCOc1c(F)c(F)c(F)c(F)c1F)O[SiH3]. The quantitative estimate of drug-likeness (QED) is 0.359. The highest BCUT2D eigenvalue weighted by Crippen LogP contribution is 2.29. The van der Waals surface area contributed by atoms with Gasteiger partial charge in [-0.15, -0.1) is 0 Å². The summed E-state index contributed by atoms with van der Waals surface area (Å²) in [5.74, 6) is -11.5. The van der Waals surface area contributed by atoms with Gasteiger partial charge in [0.2, 0.25) is 29.1 Å². The average Bonchev–Trinajstić information content (AvgIpc) is 2.38. The second-order valence-corrected chi connectivity index (χ2v) is 4.87. The first kappa shape index (κ1) is 15.9. The van der Waals surface area contributed by atoms with Crippen LogP contribution in [-0.4, -0.2) is 22.7 Å². The third kappa shape index (κ3) is 3.44. The molecular formula is C11H13F5O2Si. The van der Waals surface area contributed by atoms with Crippen molar-refractivity contribution in [2.45, 2.75) is 25.9 Å². The molecule has 0 unspecified atom stereocenters. The van der Waals surface area contributed by atoms with E-state index in [0.29, 0.717) is 10.5 Å². The van der Waals surface area contributed by atoms with Crippen LogP contribution in [0.4, 0.5) is 22.0 Å². The highest BCUT2D eigenvalue weighted by Gasteiger charge is 2.27. The van der Waals surface area contributed by atoms with E-state index in [-0.39, 0.29) is 13.0 Å². The maximum Gasteiger partial charge on any atom is 0.206 e. The first-order valence-electron chi connectivity index (χ1n) is 5.40. The van der Waals surface area contributed by atoms with Crippen LogP contribution in [0.2, 0.25) is 0 Å². The lowest BCUT2D eigenvalue weighted by molar-refractivity contribution is 0.0892. The summed E-state index contributed by atoms with van der Waals surface area (Å²) in [5.41, 5.74) is -0.573. The van der Waals surface area contributed by atoms with Crippen LogP contribution in [0.3, 0.4) is 0 Å². The van der Waals surface area contributed by atoms with E-state index in [0.717, 1.165) is 0 Å². The Hall–Kier alpha value is -1.15. The van der Waals surface area contributed by atoms with Crippen molar-refractivity contribution in [1.82, 2.24) is 0 Å². The second-order valence-electron chi connectivity index (χ2n) is 4.46. The van der Waals surface area contributed by atoms with Crippen LogP contribution in [0, 0.1) is 29.1 Å². The van der Waals surface area contributed by atoms with Gasteiger partial charge < -0.3 is 9.16 Å². The molecule has 8 heteroatoms. The maximum atomic E-state index is 13.2. The zero-order valence-electron chi connectivity index (χ0n) is 10.6. The number of hydrogen-bond acceptors (Lipinski definition) is 2. The van der Waals surface area contributed by atoms with Crippen LogP contribution in [0.15, 0.2) is 0 Å². The minimum Gasteiger partial charge on any atom is -0.487 e. The van der Waals surface area contributed by atoms with E-state index in [1.807, 2.05) is 0 Å². The largest absolute Gasteiger partial charge is 0.487 e. The van der Waals surface area contributed by atoms with Crippen LogP contribution in [0.5, 0.6) is 5.75 Å². The minimum atomic E-state index is -2.20. The molecule has 1 aromatic carbocycles. The molecule has 0 bridgehead atoms. The summed E-state index contributed by atoms with van der Waals surface area (Å²) < 4.78 is 74.8. The van der Waals surface area contributed by atoms with Gasteiger partial charge in [-0.3, -0.25) is 0 Å². The molecule has 108 valence electrons. The van der Waals surface area contributed by atoms with Crippen LogP contribution < -0.4 is 4.74 Å². The predicted octanol–water partition coefficient (Wildman–Crippen LogP) is 2.23. The Morgan fingerprint density at radius 2 is 1.32 bits per heavy atom. The molecule has 2 nitrogen and oxygen atoms in total. The van der Waals surface area contributed by atoms with Crippen molar-refractivity contribution >= 4 is 10.5 Å². The van der Waals surface area contributed by atoms with E-state index in [9.17, 15) is 22.0 Å². The molecule has 0 amide bonds. The number of ether oxygens (including phenoxy) is 1. The van der Waals surface area contributed by atoms with Crippen molar-refractivity contribution in [1.29, 1.82) is 0 Å². The fourth-order valence-corrected chi connectivity index (χ4v) is 1.42. The Morgan fingerprint density at radius 3 is 1.74 bits per heavy atom. The monoisotopic (exact) mass is 300 g/mol. The molecule has 1 rings (SSSR count). The fourth-order valence-electron chi connectivity index (χ4n) is 1.21. The molecule has 0 saturated heterocycles. The van der Waals surface area contributed by atoms with Gasteiger partial charge in [0.1, 0.15) is 10.5 Å². The minimum absolute atomic E-state index is 0.229. The van der Waals surface area contributed by atoms with Crippen molar-refractivity contribution in [2.75, 3.05) is 6.61 Å².